The van der Waals surface area contributed by atoms with Gasteiger partial charge in [-0.2, -0.15) is 0 Å². The molecule has 0 aromatic carbocycles. The van der Waals surface area contributed by atoms with E-state index in [1.54, 1.807) is 4.57 Å². The topological polar surface area (TPSA) is 50.2 Å². The minimum atomic E-state index is 0.109. The van der Waals surface area contributed by atoms with E-state index in [1.165, 1.54) is 24.0 Å². The van der Waals surface area contributed by atoms with Crippen LogP contribution in [0, 0.1) is 0 Å². The van der Waals surface area contributed by atoms with E-state index in [0.717, 1.165) is 61.8 Å². The lowest BCUT2D eigenvalue weighted by Gasteiger charge is -2.32. The molecule has 5 heteroatoms. The molecule has 0 radical (unpaired) electrons. The fourth-order valence-electron chi connectivity index (χ4n) is 4.23. The summed E-state index contributed by atoms with van der Waals surface area (Å²) in [6.45, 7) is 3.99. The number of carbonyl (C=O) groups excluding carboxylic acids is 1. The summed E-state index contributed by atoms with van der Waals surface area (Å²) in [5.74, 6) is 1.24. The molecular formula is C18H20N4O. The van der Waals surface area contributed by atoms with E-state index in [-0.39, 0.29) is 5.91 Å². The van der Waals surface area contributed by atoms with Gasteiger partial charge >= 0.3 is 0 Å². The fourth-order valence-corrected chi connectivity index (χ4v) is 4.23. The number of nitrogens with zero attached hydrogens (tertiary/aromatic N) is 3. The van der Waals surface area contributed by atoms with Crippen molar-refractivity contribution in [3.63, 3.8) is 0 Å². The summed E-state index contributed by atoms with van der Waals surface area (Å²) in [6, 6.07) is 3.94. The van der Waals surface area contributed by atoms with Crippen LogP contribution in [0.25, 0.3) is 11.4 Å². The molecule has 3 aliphatic rings. The molecule has 2 aromatic rings. The normalized spacial score (nSPS) is 19.5. The third-order valence-corrected chi connectivity index (χ3v) is 5.33. The van der Waals surface area contributed by atoms with Crippen LogP contribution in [0.2, 0.25) is 0 Å². The lowest BCUT2D eigenvalue weighted by molar-refractivity contribution is 0.0968. The summed E-state index contributed by atoms with van der Waals surface area (Å²) in [7, 11) is 0. The number of piperazine rings is 1. The maximum Gasteiger partial charge on any atom is 0.264 e. The van der Waals surface area contributed by atoms with E-state index in [2.05, 4.69) is 10.2 Å². The van der Waals surface area contributed by atoms with Gasteiger partial charge in [0.15, 0.2) is 0 Å². The van der Waals surface area contributed by atoms with Gasteiger partial charge in [0.1, 0.15) is 11.5 Å². The van der Waals surface area contributed by atoms with E-state index >= 15 is 0 Å². The average Bonchev–Trinajstić information content (AvgIpc) is 3.18. The first-order chi connectivity index (χ1) is 11.3. The third-order valence-electron chi connectivity index (χ3n) is 5.33. The van der Waals surface area contributed by atoms with Crippen LogP contribution in [0.3, 0.4) is 0 Å². The second-order valence-electron chi connectivity index (χ2n) is 6.63. The molecule has 118 valence electrons. The summed E-state index contributed by atoms with van der Waals surface area (Å²) in [6.07, 6.45) is 6.30. The molecule has 1 N–H and O–H groups in total. The van der Waals surface area contributed by atoms with Crippen molar-refractivity contribution in [2.75, 3.05) is 31.1 Å². The van der Waals surface area contributed by atoms with Crippen LogP contribution < -0.4 is 10.2 Å². The van der Waals surface area contributed by atoms with Gasteiger partial charge in [-0.3, -0.25) is 9.36 Å². The molecule has 0 bridgehead atoms. The highest BCUT2D eigenvalue weighted by Crippen LogP contribution is 2.40. The van der Waals surface area contributed by atoms with Gasteiger partial charge in [-0.15, -0.1) is 0 Å². The Labute approximate surface area is 135 Å². The molecule has 0 spiro atoms. The van der Waals surface area contributed by atoms with Crippen LogP contribution in [0.15, 0.2) is 18.3 Å². The van der Waals surface area contributed by atoms with Gasteiger partial charge in [0, 0.05) is 32.4 Å². The van der Waals surface area contributed by atoms with Crippen LogP contribution >= 0.6 is 0 Å². The SMILES string of the molecule is O=C1c2c(nc(N3CCNCC3)c3c2CCCC3)-c2cccn21. The molecule has 0 atom stereocenters. The van der Waals surface area contributed by atoms with Gasteiger partial charge in [-0.25, -0.2) is 4.98 Å². The van der Waals surface area contributed by atoms with Crippen LogP contribution in [0.5, 0.6) is 0 Å². The van der Waals surface area contributed by atoms with E-state index in [4.69, 9.17) is 4.98 Å². The summed E-state index contributed by atoms with van der Waals surface area (Å²) in [4.78, 5) is 20.2. The molecule has 1 saturated heterocycles. The third kappa shape index (κ3) is 1.83. The van der Waals surface area contributed by atoms with Crippen molar-refractivity contribution >= 4 is 11.7 Å². The van der Waals surface area contributed by atoms with Gasteiger partial charge in [-0.05, 0) is 48.9 Å². The van der Waals surface area contributed by atoms with E-state index < -0.39 is 0 Å². The Morgan fingerprint density at radius 2 is 1.87 bits per heavy atom. The summed E-state index contributed by atoms with van der Waals surface area (Å²) in [5, 5.41) is 3.41. The van der Waals surface area contributed by atoms with Crippen LogP contribution in [-0.4, -0.2) is 41.6 Å². The second-order valence-corrected chi connectivity index (χ2v) is 6.63. The van der Waals surface area contributed by atoms with Crippen molar-refractivity contribution in [2.24, 2.45) is 0 Å². The smallest absolute Gasteiger partial charge is 0.264 e. The Hall–Kier alpha value is -2.14. The van der Waals surface area contributed by atoms with Gasteiger partial charge in [0.25, 0.3) is 5.91 Å². The predicted molar refractivity (Wildman–Crippen MR) is 89.1 cm³/mol. The minimum absolute atomic E-state index is 0.109. The number of pyridine rings is 1. The zero-order chi connectivity index (χ0) is 15.4. The molecule has 1 aliphatic carbocycles. The van der Waals surface area contributed by atoms with Gasteiger partial charge < -0.3 is 10.2 Å². The molecule has 0 amide bonds. The maximum absolute atomic E-state index is 12.8. The largest absolute Gasteiger partial charge is 0.354 e. The fraction of sp³-hybridized carbons (Fsp3) is 0.444. The van der Waals surface area contributed by atoms with Crippen LogP contribution in [-0.2, 0) is 12.8 Å². The zero-order valence-electron chi connectivity index (χ0n) is 13.1. The number of rotatable bonds is 1. The number of carbonyl (C=O) groups is 1. The Kier molecular flexibility index (Phi) is 2.85. The van der Waals surface area contributed by atoms with Gasteiger partial charge in [-0.1, -0.05) is 0 Å². The molecule has 5 nitrogen and oxygen atoms in total. The molecule has 0 saturated carbocycles. The van der Waals surface area contributed by atoms with E-state index in [0.29, 0.717) is 0 Å². The highest BCUT2D eigenvalue weighted by Gasteiger charge is 2.34. The number of hydrogen-bond acceptors (Lipinski definition) is 4. The lowest BCUT2D eigenvalue weighted by Crippen LogP contribution is -2.44. The zero-order valence-corrected chi connectivity index (χ0v) is 13.1. The van der Waals surface area contributed by atoms with E-state index in [9.17, 15) is 4.79 Å². The Morgan fingerprint density at radius 3 is 2.70 bits per heavy atom. The molecular weight excluding hydrogens is 288 g/mol. The van der Waals surface area contributed by atoms with Crippen molar-refractivity contribution in [3.05, 3.63) is 35.0 Å². The minimum Gasteiger partial charge on any atom is -0.354 e. The highest BCUT2D eigenvalue weighted by atomic mass is 16.2. The lowest BCUT2D eigenvalue weighted by atomic mass is 9.87. The molecule has 23 heavy (non-hydrogen) atoms. The maximum atomic E-state index is 12.8. The quantitative estimate of drug-likeness (QED) is 0.745. The number of anilines is 1. The van der Waals surface area contributed by atoms with Crippen LogP contribution in [0.1, 0.15) is 34.3 Å². The Balaban J connectivity index is 1.74. The van der Waals surface area contributed by atoms with Crippen LogP contribution in [0.4, 0.5) is 5.82 Å². The Bertz CT molecular complexity index is 802. The molecule has 0 unspecified atom stereocenters. The van der Waals surface area contributed by atoms with Gasteiger partial charge in [0.2, 0.25) is 0 Å². The first-order valence-corrected chi connectivity index (χ1v) is 8.58. The molecule has 5 rings (SSSR count). The Morgan fingerprint density at radius 1 is 1.09 bits per heavy atom. The number of nitrogens with one attached hydrogen (secondary N) is 1. The first kappa shape index (κ1) is 13.3. The van der Waals surface area contributed by atoms with Crippen molar-refractivity contribution in [1.82, 2.24) is 14.9 Å². The summed E-state index contributed by atoms with van der Waals surface area (Å²) >= 11 is 0. The second kappa shape index (κ2) is 4.93. The predicted octanol–water partition coefficient (Wildman–Crippen LogP) is 1.84. The number of hydrogen-bond donors (Lipinski definition) is 1. The first-order valence-electron chi connectivity index (χ1n) is 8.58. The standard InChI is InChI=1S/C18H20N4O/c23-18-15-12-4-1-2-5-13(12)17(21-10-7-19-8-11-21)20-16(15)14-6-3-9-22(14)18/h3,6,9,19H,1-2,4-5,7-8,10-11H2. The van der Waals surface area contributed by atoms with Crippen molar-refractivity contribution in [2.45, 2.75) is 25.7 Å². The van der Waals surface area contributed by atoms with E-state index in [1.807, 2.05) is 18.3 Å². The highest BCUT2D eigenvalue weighted by molar-refractivity contribution is 6.09. The summed E-state index contributed by atoms with van der Waals surface area (Å²) < 4.78 is 1.76. The van der Waals surface area contributed by atoms with Crippen molar-refractivity contribution in [3.8, 4) is 11.4 Å². The number of fused-ring (bicyclic) bond motifs is 5. The average molecular weight is 308 g/mol. The molecule has 2 aromatic heterocycles. The van der Waals surface area contributed by atoms with Crippen molar-refractivity contribution < 1.29 is 4.79 Å². The molecule has 2 aliphatic heterocycles. The number of aromatic nitrogens is 2. The monoisotopic (exact) mass is 308 g/mol. The molecule has 1 fully saturated rings. The van der Waals surface area contributed by atoms with Crippen molar-refractivity contribution in [1.29, 1.82) is 0 Å². The summed E-state index contributed by atoms with van der Waals surface area (Å²) in [5.41, 5.74) is 5.32. The molecule has 4 heterocycles. The van der Waals surface area contributed by atoms with Gasteiger partial charge in [0.05, 0.1) is 11.3 Å².